The van der Waals surface area contributed by atoms with E-state index < -0.39 is 0 Å². The number of amides is 1. The van der Waals surface area contributed by atoms with Crippen molar-refractivity contribution in [3.63, 3.8) is 0 Å². The van der Waals surface area contributed by atoms with Crippen molar-refractivity contribution >= 4 is 5.91 Å². The van der Waals surface area contributed by atoms with Crippen LogP contribution in [0.5, 0.6) is 0 Å². The normalized spacial score (nSPS) is 37.7. The van der Waals surface area contributed by atoms with Crippen LogP contribution in [-0.4, -0.2) is 49.3 Å². The van der Waals surface area contributed by atoms with Gasteiger partial charge in [-0.1, -0.05) is 6.42 Å². The molecule has 5 nitrogen and oxygen atoms in total. The van der Waals surface area contributed by atoms with Crippen molar-refractivity contribution in [2.24, 2.45) is 5.92 Å². The molecular formula is C13H25N3O2. The lowest BCUT2D eigenvalue weighted by Gasteiger charge is -2.39. The van der Waals surface area contributed by atoms with Crippen LogP contribution in [0, 0.1) is 5.92 Å². The predicted octanol–water partition coefficient (Wildman–Crippen LogP) is 0.515. The summed E-state index contributed by atoms with van der Waals surface area (Å²) < 4.78 is 5.38. The molecule has 0 radical (unpaired) electrons. The Morgan fingerprint density at radius 3 is 2.50 bits per heavy atom. The van der Waals surface area contributed by atoms with E-state index in [0.29, 0.717) is 25.3 Å². The van der Waals surface area contributed by atoms with Gasteiger partial charge in [-0.05, 0) is 33.7 Å². The van der Waals surface area contributed by atoms with Crippen molar-refractivity contribution in [2.45, 2.75) is 51.2 Å². The van der Waals surface area contributed by atoms with E-state index in [4.69, 9.17) is 4.74 Å². The van der Waals surface area contributed by atoms with Crippen LogP contribution < -0.4 is 10.7 Å². The summed E-state index contributed by atoms with van der Waals surface area (Å²) in [4.78, 5) is 12.3. The molecule has 0 spiro atoms. The summed E-state index contributed by atoms with van der Waals surface area (Å²) >= 11 is 0. The lowest BCUT2D eigenvalue weighted by molar-refractivity contribution is -0.133. The zero-order valence-electron chi connectivity index (χ0n) is 11.6. The van der Waals surface area contributed by atoms with Gasteiger partial charge in [-0.2, -0.15) is 0 Å². The fraction of sp³-hybridized carbons (Fsp3) is 0.923. The fourth-order valence-corrected chi connectivity index (χ4v) is 2.95. The highest BCUT2D eigenvalue weighted by Crippen LogP contribution is 2.21. The Hall–Kier alpha value is -0.650. The number of rotatable bonds is 3. The van der Waals surface area contributed by atoms with Crippen molar-refractivity contribution in [2.75, 3.05) is 20.3 Å². The van der Waals surface area contributed by atoms with Crippen LogP contribution in [-0.2, 0) is 9.53 Å². The summed E-state index contributed by atoms with van der Waals surface area (Å²) in [5.41, 5.74) is 3.10. The number of nitrogens with one attached hydrogen (secondary N) is 2. The number of ether oxygens (including phenoxy) is 1. The number of likely N-dealkylation sites (N-methyl/N-ethyl adjacent to an activating group) is 1. The molecule has 2 aliphatic heterocycles. The molecule has 4 atom stereocenters. The van der Waals surface area contributed by atoms with Crippen molar-refractivity contribution < 1.29 is 9.53 Å². The van der Waals surface area contributed by atoms with Crippen LogP contribution in [0.3, 0.4) is 0 Å². The molecule has 4 unspecified atom stereocenters. The average molecular weight is 255 g/mol. The number of carbonyl (C=O) groups is 1. The third-order valence-electron chi connectivity index (χ3n) is 4.22. The Kier molecular flexibility index (Phi) is 4.59. The van der Waals surface area contributed by atoms with E-state index >= 15 is 0 Å². The molecule has 18 heavy (non-hydrogen) atoms. The monoisotopic (exact) mass is 255 g/mol. The van der Waals surface area contributed by atoms with Gasteiger partial charge in [-0.15, -0.1) is 0 Å². The minimum Gasteiger partial charge on any atom is -0.379 e. The molecule has 0 aliphatic carbocycles. The second-order valence-electron chi connectivity index (χ2n) is 5.55. The van der Waals surface area contributed by atoms with Gasteiger partial charge >= 0.3 is 0 Å². The second-order valence-corrected chi connectivity index (χ2v) is 5.55. The molecule has 0 saturated carbocycles. The highest BCUT2D eigenvalue weighted by molar-refractivity contribution is 5.79. The maximum Gasteiger partial charge on any atom is 0.241 e. The third-order valence-corrected chi connectivity index (χ3v) is 4.22. The molecular weight excluding hydrogens is 230 g/mol. The Bertz CT molecular complexity index is 288. The van der Waals surface area contributed by atoms with Crippen LogP contribution in [0.2, 0.25) is 0 Å². The van der Waals surface area contributed by atoms with Crippen molar-refractivity contribution in [1.82, 2.24) is 15.8 Å². The summed E-state index contributed by atoms with van der Waals surface area (Å²) in [7, 11) is 1.88. The summed E-state index contributed by atoms with van der Waals surface area (Å²) in [5.74, 6) is 0.0174. The van der Waals surface area contributed by atoms with Crippen molar-refractivity contribution in [3.8, 4) is 0 Å². The van der Waals surface area contributed by atoms with Gasteiger partial charge in [0.15, 0.2) is 0 Å². The van der Waals surface area contributed by atoms with E-state index in [1.54, 1.807) is 0 Å². The molecule has 2 fully saturated rings. The molecule has 0 bridgehead atoms. The van der Waals surface area contributed by atoms with Crippen LogP contribution >= 0.6 is 0 Å². The average Bonchev–Trinajstić information content (AvgIpc) is 2.82. The second kappa shape index (κ2) is 5.99. The molecule has 0 aromatic carbocycles. The van der Waals surface area contributed by atoms with Gasteiger partial charge in [-0.25, -0.2) is 5.01 Å². The van der Waals surface area contributed by atoms with Gasteiger partial charge in [0.25, 0.3) is 0 Å². The van der Waals surface area contributed by atoms with Gasteiger partial charge in [0.05, 0.1) is 19.1 Å². The standard InChI is InChI=1S/C13H25N3O2/c1-9-5-4-6-10(2)16(9)15-13(17)11-7-18-8-12(11)14-3/h9-12,14H,4-8H2,1-3H3,(H,15,17). The molecule has 5 heteroatoms. The molecule has 0 aromatic heterocycles. The maximum absolute atomic E-state index is 12.3. The molecule has 2 N–H and O–H groups in total. The first-order chi connectivity index (χ1) is 8.63. The Morgan fingerprint density at radius 2 is 1.89 bits per heavy atom. The fourth-order valence-electron chi connectivity index (χ4n) is 2.95. The highest BCUT2D eigenvalue weighted by atomic mass is 16.5. The third kappa shape index (κ3) is 2.84. The van der Waals surface area contributed by atoms with Crippen molar-refractivity contribution in [3.05, 3.63) is 0 Å². The summed E-state index contributed by atoms with van der Waals surface area (Å²) in [6.45, 7) is 5.50. The zero-order valence-corrected chi connectivity index (χ0v) is 11.6. The molecule has 2 aliphatic rings. The van der Waals surface area contributed by atoms with Gasteiger partial charge in [0, 0.05) is 18.1 Å². The molecule has 2 rings (SSSR count). The Balaban J connectivity index is 1.93. The van der Waals surface area contributed by atoms with Gasteiger partial charge < -0.3 is 10.1 Å². The number of hydrogen-bond acceptors (Lipinski definition) is 4. The van der Waals surface area contributed by atoms with E-state index in [2.05, 4.69) is 29.6 Å². The van der Waals surface area contributed by atoms with E-state index in [-0.39, 0.29) is 17.9 Å². The Morgan fingerprint density at radius 1 is 1.22 bits per heavy atom. The quantitative estimate of drug-likeness (QED) is 0.772. The largest absolute Gasteiger partial charge is 0.379 e. The van der Waals surface area contributed by atoms with Crippen molar-refractivity contribution in [1.29, 1.82) is 0 Å². The smallest absolute Gasteiger partial charge is 0.241 e. The molecule has 1 amide bonds. The summed E-state index contributed by atoms with van der Waals surface area (Å²) in [6.07, 6.45) is 3.56. The van der Waals surface area contributed by atoms with E-state index in [9.17, 15) is 4.79 Å². The SMILES string of the molecule is CNC1COCC1C(=O)NN1C(C)CCCC1C. The van der Waals surface area contributed by atoms with Crippen LogP contribution in [0.15, 0.2) is 0 Å². The Labute approximate surface area is 109 Å². The number of piperidine rings is 1. The molecule has 2 saturated heterocycles. The minimum absolute atomic E-state index is 0.0728. The van der Waals surface area contributed by atoms with E-state index in [0.717, 1.165) is 12.8 Å². The first-order valence-corrected chi connectivity index (χ1v) is 6.97. The van der Waals surface area contributed by atoms with Crippen LogP contribution in [0.4, 0.5) is 0 Å². The molecule has 0 aromatic rings. The highest BCUT2D eigenvalue weighted by Gasteiger charge is 2.35. The van der Waals surface area contributed by atoms with Gasteiger partial charge in [0.2, 0.25) is 5.91 Å². The number of nitrogens with zero attached hydrogens (tertiary/aromatic N) is 1. The van der Waals surface area contributed by atoms with E-state index in [1.807, 2.05) is 7.05 Å². The van der Waals surface area contributed by atoms with Crippen LogP contribution in [0.1, 0.15) is 33.1 Å². The number of hydrazine groups is 1. The van der Waals surface area contributed by atoms with Gasteiger partial charge in [0.1, 0.15) is 0 Å². The minimum atomic E-state index is -0.0728. The lowest BCUT2D eigenvalue weighted by Crippen LogP contribution is -2.57. The van der Waals surface area contributed by atoms with Crippen LogP contribution in [0.25, 0.3) is 0 Å². The topological polar surface area (TPSA) is 53.6 Å². The molecule has 2 heterocycles. The lowest BCUT2D eigenvalue weighted by atomic mass is 9.99. The van der Waals surface area contributed by atoms with E-state index in [1.165, 1.54) is 6.42 Å². The first kappa shape index (κ1) is 13.8. The van der Waals surface area contributed by atoms with Gasteiger partial charge in [-0.3, -0.25) is 10.2 Å². The number of carbonyl (C=O) groups excluding carboxylic acids is 1. The zero-order chi connectivity index (χ0) is 13.1. The first-order valence-electron chi connectivity index (χ1n) is 6.97. The maximum atomic E-state index is 12.3. The number of hydrogen-bond donors (Lipinski definition) is 2. The summed E-state index contributed by atoms with van der Waals surface area (Å²) in [6, 6.07) is 0.988. The molecule has 104 valence electrons. The summed E-state index contributed by atoms with van der Waals surface area (Å²) in [5, 5.41) is 5.27. The predicted molar refractivity (Wildman–Crippen MR) is 69.9 cm³/mol.